The number of nitrogens with zero attached hydrogens (tertiary/aromatic N) is 3. The van der Waals surface area contributed by atoms with E-state index in [2.05, 4.69) is 41.1 Å². The van der Waals surface area contributed by atoms with E-state index in [0.29, 0.717) is 12.2 Å². The van der Waals surface area contributed by atoms with E-state index >= 15 is 0 Å². The Bertz CT molecular complexity index is 1040. The van der Waals surface area contributed by atoms with E-state index in [1.54, 1.807) is 4.90 Å². The van der Waals surface area contributed by atoms with Crippen molar-refractivity contribution in [2.45, 2.75) is 20.0 Å². The molecule has 1 unspecified atom stereocenters. The molecule has 1 atom stereocenters. The second-order valence-electron chi connectivity index (χ2n) is 7.85. The number of aromatic amines is 1. The highest BCUT2D eigenvalue weighted by Gasteiger charge is 2.31. The van der Waals surface area contributed by atoms with E-state index in [0.717, 1.165) is 29.2 Å². The number of fused-ring (bicyclic) bond motifs is 1. The summed E-state index contributed by atoms with van der Waals surface area (Å²) < 4.78 is 6.10. The summed E-state index contributed by atoms with van der Waals surface area (Å²) in [6.07, 6.45) is -0.0917. The molecule has 0 aliphatic carbocycles. The quantitative estimate of drug-likeness (QED) is 0.739. The molecule has 1 aliphatic heterocycles. The minimum absolute atomic E-state index is 0.0917. The lowest BCUT2D eigenvalue weighted by molar-refractivity contribution is 0.0936. The summed E-state index contributed by atoms with van der Waals surface area (Å²) in [5.74, 6) is 0.625. The number of rotatable bonds is 4. The summed E-state index contributed by atoms with van der Waals surface area (Å²) in [6, 6.07) is 15.7. The molecule has 4 rings (SSSR count). The molecule has 0 bridgehead atoms. The lowest BCUT2D eigenvalue weighted by atomic mass is 10.0. The Labute approximate surface area is 171 Å². The molecule has 29 heavy (non-hydrogen) atoms. The van der Waals surface area contributed by atoms with Gasteiger partial charge in [0.25, 0.3) is 5.91 Å². The monoisotopic (exact) mass is 390 g/mol. The molecule has 2 aromatic carbocycles. The highest BCUT2D eigenvalue weighted by molar-refractivity contribution is 6.06. The van der Waals surface area contributed by atoms with Crippen molar-refractivity contribution in [2.24, 2.45) is 0 Å². The van der Waals surface area contributed by atoms with Gasteiger partial charge in [0.05, 0.1) is 17.9 Å². The average Bonchev–Trinajstić information content (AvgIpc) is 3.18. The maximum absolute atomic E-state index is 13.3. The van der Waals surface area contributed by atoms with Gasteiger partial charge in [-0.15, -0.1) is 0 Å². The minimum atomic E-state index is -0.105. The lowest BCUT2D eigenvalue weighted by Gasteiger charge is -2.35. The SMILES string of the molecule is Cc1ccc(-c2cc(C(=O)N3CC(CN(C)C)Oc4ccccc43)[nH]n2)cc1C. The normalized spacial score (nSPS) is 15.9. The van der Waals surface area contributed by atoms with Crippen LogP contribution in [-0.4, -0.2) is 54.3 Å². The molecule has 0 fully saturated rings. The van der Waals surface area contributed by atoms with Gasteiger partial charge >= 0.3 is 0 Å². The summed E-state index contributed by atoms with van der Waals surface area (Å²) in [5, 5.41) is 7.31. The molecule has 150 valence electrons. The number of ether oxygens (including phenoxy) is 1. The van der Waals surface area contributed by atoms with Crippen molar-refractivity contribution in [3.8, 4) is 17.0 Å². The number of likely N-dealkylation sites (N-methyl/N-ethyl adjacent to an activating group) is 1. The summed E-state index contributed by atoms with van der Waals surface area (Å²) in [7, 11) is 4.00. The highest BCUT2D eigenvalue weighted by atomic mass is 16.5. The lowest BCUT2D eigenvalue weighted by Crippen LogP contribution is -2.47. The number of anilines is 1. The van der Waals surface area contributed by atoms with Gasteiger partial charge in [0.2, 0.25) is 0 Å². The third-order valence-electron chi connectivity index (χ3n) is 5.26. The van der Waals surface area contributed by atoms with Gasteiger partial charge < -0.3 is 9.64 Å². The Morgan fingerprint density at radius 1 is 1.17 bits per heavy atom. The molecule has 0 spiro atoms. The second-order valence-corrected chi connectivity index (χ2v) is 7.85. The predicted molar refractivity (Wildman–Crippen MR) is 115 cm³/mol. The fraction of sp³-hybridized carbons (Fsp3) is 0.304. The molecule has 1 aliphatic rings. The van der Waals surface area contributed by atoms with Crippen molar-refractivity contribution in [1.29, 1.82) is 0 Å². The first kappa shape index (κ1) is 19.2. The number of carbonyl (C=O) groups is 1. The molecule has 0 saturated heterocycles. The van der Waals surface area contributed by atoms with E-state index < -0.39 is 0 Å². The summed E-state index contributed by atoms with van der Waals surface area (Å²) in [5.41, 5.74) is 5.46. The number of nitrogens with one attached hydrogen (secondary N) is 1. The van der Waals surface area contributed by atoms with Gasteiger partial charge in [0.1, 0.15) is 17.5 Å². The number of carbonyl (C=O) groups excluding carboxylic acids is 1. The predicted octanol–water partition coefficient (Wildman–Crippen LogP) is 3.66. The molecular formula is C23H26N4O2. The third kappa shape index (κ3) is 3.89. The first-order chi connectivity index (χ1) is 13.9. The van der Waals surface area contributed by atoms with Crippen molar-refractivity contribution in [3.63, 3.8) is 0 Å². The number of para-hydroxylation sites is 2. The van der Waals surface area contributed by atoms with E-state index in [-0.39, 0.29) is 12.0 Å². The van der Waals surface area contributed by atoms with Crippen molar-refractivity contribution >= 4 is 11.6 Å². The van der Waals surface area contributed by atoms with Gasteiger partial charge in [0, 0.05) is 12.1 Å². The third-order valence-corrected chi connectivity index (χ3v) is 5.26. The van der Waals surface area contributed by atoms with Crippen LogP contribution in [-0.2, 0) is 0 Å². The van der Waals surface area contributed by atoms with E-state index in [4.69, 9.17) is 4.74 Å². The highest BCUT2D eigenvalue weighted by Crippen LogP contribution is 2.34. The van der Waals surface area contributed by atoms with Crippen molar-refractivity contribution in [3.05, 3.63) is 65.4 Å². The summed E-state index contributed by atoms with van der Waals surface area (Å²) in [6.45, 7) is 5.38. The van der Waals surface area contributed by atoms with Gasteiger partial charge in [-0.3, -0.25) is 14.8 Å². The molecule has 6 heteroatoms. The zero-order valence-electron chi connectivity index (χ0n) is 17.3. The number of benzene rings is 2. The fourth-order valence-corrected chi connectivity index (χ4v) is 3.62. The van der Waals surface area contributed by atoms with Crippen molar-refractivity contribution in [1.82, 2.24) is 15.1 Å². The molecule has 0 radical (unpaired) electrons. The average molecular weight is 390 g/mol. The largest absolute Gasteiger partial charge is 0.485 e. The molecular weight excluding hydrogens is 364 g/mol. The summed E-state index contributed by atoms with van der Waals surface area (Å²) in [4.78, 5) is 17.2. The van der Waals surface area contributed by atoms with Crippen LogP contribution in [0.5, 0.6) is 5.75 Å². The van der Waals surface area contributed by atoms with Crippen LogP contribution in [0.3, 0.4) is 0 Å². The maximum Gasteiger partial charge on any atom is 0.276 e. The van der Waals surface area contributed by atoms with E-state index in [1.807, 2.05) is 50.5 Å². The standard InChI is InChI=1S/C23H26N4O2/c1-15-9-10-17(11-16(15)2)19-12-20(25-24-19)23(28)27-14-18(13-26(3)4)29-22-8-6-5-7-21(22)27/h5-12,18H,13-14H2,1-4H3,(H,24,25). The van der Waals surface area contributed by atoms with Gasteiger partial charge in [-0.2, -0.15) is 5.10 Å². The van der Waals surface area contributed by atoms with Gasteiger partial charge in [-0.25, -0.2) is 0 Å². The first-order valence-electron chi connectivity index (χ1n) is 9.77. The molecule has 1 aromatic heterocycles. The number of aryl methyl sites for hydroxylation is 2. The zero-order valence-corrected chi connectivity index (χ0v) is 17.3. The Morgan fingerprint density at radius 3 is 2.72 bits per heavy atom. The van der Waals surface area contributed by atoms with Crippen molar-refractivity contribution in [2.75, 3.05) is 32.1 Å². The minimum Gasteiger partial charge on any atom is -0.485 e. The number of hydrogen-bond donors (Lipinski definition) is 1. The van der Waals surface area contributed by atoms with Crippen LogP contribution in [0.4, 0.5) is 5.69 Å². The second kappa shape index (κ2) is 7.72. The van der Waals surface area contributed by atoms with Crippen LogP contribution in [0.15, 0.2) is 48.5 Å². The van der Waals surface area contributed by atoms with Crippen LogP contribution in [0.25, 0.3) is 11.3 Å². The fourth-order valence-electron chi connectivity index (χ4n) is 3.62. The zero-order chi connectivity index (χ0) is 20.5. The topological polar surface area (TPSA) is 61.5 Å². The number of hydrogen-bond acceptors (Lipinski definition) is 4. The Balaban J connectivity index is 1.63. The van der Waals surface area contributed by atoms with Gasteiger partial charge in [0.15, 0.2) is 0 Å². The van der Waals surface area contributed by atoms with Crippen LogP contribution < -0.4 is 9.64 Å². The summed E-state index contributed by atoms with van der Waals surface area (Å²) >= 11 is 0. The molecule has 6 nitrogen and oxygen atoms in total. The molecule has 1 amide bonds. The Hall–Kier alpha value is -3.12. The number of amides is 1. The first-order valence-corrected chi connectivity index (χ1v) is 9.77. The van der Waals surface area contributed by atoms with E-state index in [9.17, 15) is 4.79 Å². The van der Waals surface area contributed by atoms with Gasteiger partial charge in [-0.05, 0) is 63.3 Å². The Morgan fingerprint density at radius 2 is 1.97 bits per heavy atom. The van der Waals surface area contributed by atoms with Crippen molar-refractivity contribution < 1.29 is 9.53 Å². The Kier molecular flexibility index (Phi) is 5.11. The molecule has 0 saturated carbocycles. The van der Waals surface area contributed by atoms with Gasteiger partial charge in [-0.1, -0.05) is 24.3 Å². The van der Waals surface area contributed by atoms with Crippen LogP contribution >= 0.6 is 0 Å². The van der Waals surface area contributed by atoms with Crippen LogP contribution in [0.1, 0.15) is 21.6 Å². The smallest absolute Gasteiger partial charge is 0.276 e. The molecule has 1 N–H and O–H groups in total. The van der Waals surface area contributed by atoms with E-state index in [1.165, 1.54) is 11.1 Å². The molecule has 2 heterocycles. The number of H-pyrrole nitrogens is 1. The maximum atomic E-state index is 13.3. The van der Waals surface area contributed by atoms with Crippen LogP contribution in [0, 0.1) is 13.8 Å². The number of aromatic nitrogens is 2. The molecule has 3 aromatic rings. The van der Waals surface area contributed by atoms with Crippen LogP contribution in [0.2, 0.25) is 0 Å².